The van der Waals surface area contributed by atoms with Gasteiger partial charge in [-0.3, -0.25) is 24.2 Å². The van der Waals surface area contributed by atoms with Gasteiger partial charge in [0.1, 0.15) is 0 Å². The van der Waals surface area contributed by atoms with E-state index in [-0.39, 0.29) is 21.5 Å². The van der Waals surface area contributed by atoms with Crippen molar-refractivity contribution in [2.75, 3.05) is 19.1 Å². The van der Waals surface area contributed by atoms with Gasteiger partial charge in [0.05, 0.1) is 21.5 Å². The molecular formula is C12H9N3O4. The number of rotatable bonds is 1. The molecule has 0 aliphatic heterocycles. The molecule has 2 aromatic heterocycles. The maximum Gasteiger partial charge on any atom is 0.280 e. The van der Waals surface area contributed by atoms with Crippen LogP contribution in [-0.2, 0) is 0 Å². The van der Waals surface area contributed by atoms with Crippen molar-refractivity contribution in [2.24, 2.45) is 0 Å². The Morgan fingerprint density at radius 3 is 1.63 bits per heavy atom. The summed E-state index contributed by atoms with van der Waals surface area (Å²) in [6.07, 6.45) is 0. The highest BCUT2D eigenvalue weighted by atomic mass is 16.2. The third-order valence-corrected chi connectivity index (χ3v) is 3.12. The van der Waals surface area contributed by atoms with Crippen LogP contribution < -0.4 is 27.2 Å². The predicted octanol–water partition coefficient (Wildman–Crippen LogP) is -1.36. The Kier molecular flexibility index (Phi) is 2.04. The summed E-state index contributed by atoms with van der Waals surface area (Å²) in [6.45, 7) is 0. The Hall–Kier alpha value is -2.70. The van der Waals surface area contributed by atoms with Gasteiger partial charge in [0.25, 0.3) is 22.2 Å². The molecule has 0 spiro atoms. The molecule has 0 saturated carbocycles. The fraction of sp³-hybridized carbons (Fsp3) is 0.167. The second-order valence-electron chi connectivity index (χ2n) is 4.50. The minimum Gasteiger partial charge on any atom is -0.313 e. The van der Waals surface area contributed by atoms with Gasteiger partial charge >= 0.3 is 0 Å². The second-order valence-corrected chi connectivity index (χ2v) is 4.50. The van der Waals surface area contributed by atoms with Crippen LogP contribution in [0.25, 0.3) is 21.5 Å². The maximum atomic E-state index is 12.1. The SMILES string of the molecule is CN(C)n1c(=O)c2cc3c(=O)[nH]c(=O)c3cc2c1=O. The smallest absolute Gasteiger partial charge is 0.280 e. The predicted molar refractivity (Wildman–Crippen MR) is 71.3 cm³/mol. The maximum absolute atomic E-state index is 12.1. The van der Waals surface area contributed by atoms with Gasteiger partial charge in [0, 0.05) is 14.1 Å². The lowest BCUT2D eigenvalue weighted by atomic mass is 10.1. The highest BCUT2D eigenvalue weighted by Gasteiger charge is 2.17. The minimum atomic E-state index is -0.550. The highest BCUT2D eigenvalue weighted by molar-refractivity contribution is 5.97. The van der Waals surface area contributed by atoms with Gasteiger partial charge < -0.3 is 5.01 Å². The van der Waals surface area contributed by atoms with E-state index in [4.69, 9.17) is 0 Å². The Morgan fingerprint density at radius 2 is 1.26 bits per heavy atom. The molecule has 0 unspecified atom stereocenters. The van der Waals surface area contributed by atoms with Gasteiger partial charge in [-0.1, -0.05) is 0 Å². The number of fused-ring (bicyclic) bond motifs is 2. The molecule has 1 aromatic carbocycles. The molecule has 19 heavy (non-hydrogen) atoms. The summed E-state index contributed by atoms with van der Waals surface area (Å²) in [7, 11) is 3.13. The Morgan fingerprint density at radius 1 is 0.842 bits per heavy atom. The largest absolute Gasteiger partial charge is 0.313 e. The number of aromatic amines is 1. The Labute approximate surface area is 105 Å². The van der Waals surface area contributed by atoms with E-state index in [0.29, 0.717) is 0 Å². The lowest BCUT2D eigenvalue weighted by Crippen LogP contribution is -2.40. The third kappa shape index (κ3) is 1.32. The van der Waals surface area contributed by atoms with E-state index >= 15 is 0 Å². The standard InChI is InChI=1S/C12H9N3O4/c1-14(2)15-11(18)7-3-5-6(4-8(7)12(15)19)10(17)13-9(5)16/h3-4H,1-2H3,(H,13,16,17). The number of nitrogens with zero attached hydrogens (tertiary/aromatic N) is 2. The topological polar surface area (TPSA) is 92.2 Å². The molecule has 3 aromatic rings. The average molecular weight is 259 g/mol. The summed E-state index contributed by atoms with van der Waals surface area (Å²) in [4.78, 5) is 49.3. The van der Waals surface area contributed by atoms with Crippen molar-refractivity contribution in [1.82, 2.24) is 9.66 Å². The van der Waals surface area contributed by atoms with Crippen molar-refractivity contribution in [3.8, 4) is 0 Å². The molecule has 3 rings (SSSR count). The van der Waals surface area contributed by atoms with Crippen molar-refractivity contribution < 1.29 is 0 Å². The number of aromatic nitrogens is 2. The lowest BCUT2D eigenvalue weighted by molar-refractivity contribution is 0.695. The quantitative estimate of drug-likeness (QED) is 0.582. The molecule has 0 fully saturated rings. The Balaban J connectivity index is 2.66. The van der Waals surface area contributed by atoms with Crippen molar-refractivity contribution in [3.63, 3.8) is 0 Å². The van der Waals surface area contributed by atoms with Gasteiger partial charge in [-0.15, -0.1) is 0 Å². The lowest BCUT2D eigenvalue weighted by Gasteiger charge is -2.10. The molecule has 0 amide bonds. The normalized spacial score (nSPS) is 11.5. The van der Waals surface area contributed by atoms with E-state index in [1.807, 2.05) is 0 Å². The summed E-state index contributed by atoms with van der Waals surface area (Å²) in [6, 6.07) is 2.60. The first kappa shape index (κ1) is 11.4. The van der Waals surface area contributed by atoms with E-state index in [9.17, 15) is 19.2 Å². The first-order valence-electron chi connectivity index (χ1n) is 5.51. The van der Waals surface area contributed by atoms with Crippen LogP contribution in [0.1, 0.15) is 0 Å². The molecule has 0 radical (unpaired) electrons. The van der Waals surface area contributed by atoms with E-state index in [1.54, 1.807) is 14.1 Å². The monoisotopic (exact) mass is 259 g/mol. The number of H-pyrrole nitrogens is 1. The number of benzene rings is 1. The molecule has 0 aliphatic carbocycles. The van der Waals surface area contributed by atoms with Crippen molar-refractivity contribution in [1.29, 1.82) is 0 Å². The molecule has 1 N–H and O–H groups in total. The summed E-state index contributed by atoms with van der Waals surface area (Å²) in [5, 5.41) is 1.90. The molecule has 2 heterocycles. The zero-order valence-electron chi connectivity index (χ0n) is 10.2. The van der Waals surface area contributed by atoms with Crippen LogP contribution in [0.3, 0.4) is 0 Å². The van der Waals surface area contributed by atoms with Crippen LogP contribution in [0.15, 0.2) is 31.3 Å². The van der Waals surface area contributed by atoms with Crippen LogP contribution in [0.5, 0.6) is 0 Å². The first-order valence-corrected chi connectivity index (χ1v) is 5.51. The summed E-state index contributed by atoms with van der Waals surface area (Å²) >= 11 is 0. The molecule has 96 valence electrons. The van der Waals surface area contributed by atoms with Crippen molar-refractivity contribution >= 4 is 21.5 Å². The van der Waals surface area contributed by atoms with Gasteiger partial charge in [-0.05, 0) is 12.1 Å². The van der Waals surface area contributed by atoms with E-state index < -0.39 is 22.2 Å². The van der Waals surface area contributed by atoms with E-state index in [2.05, 4.69) is 4.98 Å². The molecule has 7 nitrogen and oxygen atoms in total. The van der Waals surface area contributed by atoms with Gasteiger partial charge in [0.2, 0.25) is 0 Å². The molecular weight excluding hydrogens is 250 g/mol. The van der Waals surface area contributed by atoms with Gasteiger partial charge in [-0.25, -0.2) is 0 Å². The first-order chi connectivity index (χ1) is 8.91. The van der Waals surface area contributed by atoms with Crippen LogP contribution in [0, 0.1) is 0 Å². The van der Waals surface area contributed by atoms with Gasteiger partial charge in [-0.2, -0.15) is 4.68 Å². The average Bonchev–Trinajstić information content (AvgIpc) is 2.75. The number of hydrogen-bond acceptors (Lipinski definition) is 5. The number of nitrogens with one attached hydrogen (secondary N) is 1. The summed E-state index contributed by atoms with van der Waals surface area (Å²) in [5.41, 5.74) is -2.10. The summed E-state index contributed by atoms with van der Waals surface area (Å²) < 4.78 is 0.961. The molecule has 0 bridgehead atoms. The zero-order valence-corrected chi connectivity index (χ0v) is 10.2. The highest BCUT2D eigenvalue weighted by Crippen LogP contribution is 2.13. The summed E-state index contributed by atoms with van der Waals surface area (Å²) in [5.74, 6) is 0. The van der Waals surface area contributed by atoms with E-state index in [0.717, 1.165) is 4.68 Å². The zero-order chi connectivity index (χ0) is 13.9. The van der Waals surface area contributed by atoms with Crippen LogP contribution >= 0.6 is 0 Å². The molecule has 0 saturated heterocycles. The Bertz CT molecular complexity index is 940. The molecule has 0 aliphatic rings. The fourth-order valence-corrected chi connectivity index (χ4v) is 2.25. The van der Waals surface area contributed by atoms with Gasteiger partial charge in [0.15, 0.2) is 0 Å². The second kappa shape index (κ2) is 3.41. The van der Waals surface area contributed by atoms with Crippen LogP contribution in [0.2, 0.25) is 0 Å². The number of hydrogen-bond donors (Lipinski definition) is 1. The third-order valence-electron chi connectivity index (χ3n) is 3.12. The molecule has 7 heteroatoms. The van der Waals surface area contributed by atoms with E-state index in [1.165, 1.54) is 17.1 Å². The van der Waals surface area contributed by atoms with Crippen molar-refractivity contribution in [3.05, 3.63) is 53.5 Å². The van der Waals surface area contributed by atoms with Crippen LogP contribution in [-0.4, -0.2) is 23.8 Å². The fourth-order valence-electron chi connectivity index (χ4n) is 2.25. The van der Waals surface area contributed by atoms with Crippen LogP contribution in [0.4, 0.5) is 0 Å². The van der Waals surface area contributed by atoms with Crippen molar-refractivity contribution in [2.45, 2.75) is 0 Å². The molecule has 0 atom stereocenters. The minimum absolute atomic E-state index is 0.130.